The number of carbonyl (C=O) groups excluding carboxylic acids is 1. The summed E-state index contributed by atoms with van der Waals surface area (Å²) in [6.07, 6.45) is 2.48. The van der Waals surface area contributed by atoms with E-state index < -0.39 is 11.5 Å². The highest BCUT2D eigenvalue weighted by Gasteiger charge is 2.23. The summed E-state index contributed by atoms with van der Waals surface area (Å²) < 4.78 is 5.92. The zero-order chi connectivity index (χ0) is 22.3. The van der Waals surface area contributed by atoms with E-state index in [0.717, 1.165) is 6.42 Å². The largest absolute Gasteiger partial charge is 0.490 e. The quantitative estimate of drug-likeness (QED) is 0.376. The van der Waals surface area contributed by atoms with Gasteiger partial charge in [-0.2, -0.15) is 4.91 Å². The molecule has 0 unspecified atom stereocenters. The topological polar surface area (TPSA) is 144 Å². The van der Waals surface area contributed by atoms with Crippen molar-refractivity contribution >= 4 is 28.5 Å². The average molecular weight is 416 g/mol. The highest BCUT2D eigenvalue weighted by Crippen LogP contribution is 2.33. The standard InChI is InChI=1S/C21H28N4O5/c1-13-17(20(27)28)19(22)18-14(24-13)8-7-9-15(18)30-12-21(2,3)25-16(26)10-5-4-6-11-23-29/h7-9H,4-6,10-12H2,1-3H3,(H2,22,24)(H,25,26)(H,27,28). The number of amides is 1. The first-order valence-corrected chi connectivity index (χ1v) is 9.81. The molecule has 162 valence electrons. The molecule has 0 saturated carbocycles. The van der Waals surface area contributed by atoms with Gasteiger partial charge in [-0.3, -0.25) is 9.78 Å². The molecule has 0 bridgehead atoms. The van der Waals surface area contributed by atoms with Crippen LogP contribution < -0.4 is 15.8 Å². The number of benzene rings is 1. The number of rotatable bonds is 11. The van der Waals surface area contributed by atoms with Crippen molar-refractivity contribution in [1.82, 2.24) is 10.3 Å². The Morgan fingerprint density at radius 2 is 2.00 bits per heavy atom. The number of aromatic carboxylic acids is 1. The molecule has 9 nitrogen and oxygen atoms in total. The number of unbranched alkanes of at least 4 members (excludes halogenated alkanes) is 2. The number of anilines is 1. The average Bonchev–Trinajstić information content (AvgIpc) is 2.65. The molecule has 30 heavy (non-hydrogen) atoms. The van der Waals surface area contributed by atoms with Gasteiger partial charge in [-0.05, 0) is 45.7 Å². The number of hydrogen-bond acceptors (Lipinski definition) is 7. The van der Waals surface area contributed by atoms with E-state index in [1.54, 1.807) is 25.1 Å². The van der Waals surface area contributed by atoms with Gasteiger partial charge in [0.2, 0.25) is 5.91 Å². The lowest BCUT2D eigenvalue weighted by atomic mass is 10.0. The van der Waals surface area contributed by atoms with Gasteiger partial charge in [-0.25, -0.2) is 4.79 Å². The van der Waals surface area contributed by atoms with Crippen molar-refractivity contribution in [2.24, 2.45) is 5.18 Å². The van der Waals surface area contributed by atoms with Gasteiger partial charge >= 0.3 is 5.97 Å². The maximum Gasteiger partial charge on any atom is 0.339 e. The number of hydrogen-bond donors (Lipinski definition) is 3. The van der Waals surface area contributed by atoms with Gasteiger partial charge in [0.1, 0.15) is 17.9 Å². The zero-order valence-electron chi connectivity index (χ0n) is 17.5. The van der Waals surface area contributed by atoms with Crippen LogP contribution in [0.3, 0.4) is 0 Å². The van der Waals surface area contributed by atoms with Crippen LogP contribution in [-0.4, -0.2) is 40.7 Å². The zero-order valence-corrected chi connectivity index (χ0v) is 17.5. The van der Waals surface area contributed by atoms with Gasteiger partial charge in [0.25, 0.3) is 0 Å². The number of nitroso groups, excluding NO2 is 1. The summed E-state index contributed by atoms with van der Waals surface area (Å²) in [5.74, 6) is -0.847. The van der Waals surface area contributed by atoms with E-state index >= 15 is 0 Å². The van der Waals surface area contributed by atoms with Gasteiger partial charge in [0.05, 0.1) is 34.4 Å². The Morgan fingerprint density at radius 3 is 2.67 bits per heavy atom. The number of nitrogen functional groups attached to an aromatic ring is 1. The molecule has 2 rings (SSSR count). The second-order valence-electron chi connectivity index (χ2n) is 7.83. The first-order valence-electron chi connectivity index (χ1n) is 9.81. The van der Waals surface area contributed by atoms with E-state index in [2.05, 4.69) is 15.5 Å². The number of fused-ring (bicyclic) bond motifs is 1. The summed E-state index contributed by atoms with van der Waals surface area (Å²) in [4.78, 5) is 38.1. The van der Waals surface area contributed by atoms with Crippen LogP contribution in [0.4, 0.5) is 5.69 Å². The molecular weight excluding hydrogens is 388 g/mol. The fourth-order valence-corrected chi connectivity index (χ4v) is 3.20. The lowest BCUT2D eigenvalue weighted by Gasteiger charge is -2.27. The summed E-state index contributed by atoms with van der Waals surface area (Å²) in [5, 5.41) is 15.6. The second-order valence-corrected chi connectivity index (χ2v) is 7.83. The van der Waals surface area contributed by atoms with Crippen LogP contribution in [-0.2, 0) is 4.79 Å². The van der Waals surface area contributed by atoms with Crippen LogP contribution in [0.15, 0.2) is 23.4 Å². The van der Waals surface area contributed by atoms with Gasteiger partial charge < -0.3 is 20.9 Å². The summed E-state index contributed by atoms with van der Waals surface area (Å²) in [7, 11) is 0. The second kappa shape index (κ2) is 10.00. The predicted molar refractivity (Wildman–Crippen MR) is 115 cm³/mol. The highest BCUT2D eigenvalue weighted by atomic mass is 16.5. The number of aromatic nitrogens is 1. The molecule has 1 aromatic heterocycles. The molecule has 0 fully saturated rings. The molecule has 1 heterocycles. The van der Waals surface area contributed by atoms with Crippen LogP contribution in [0.5, 0.6) is 5.75 Å². The minimum atomic E-state index is -1.15. The molecule has 9 heteroatoms. The number of carboxylic acid groups (broad SMARTS) is 1. The maximum atomic E-state index is 12.2. The van der Waals surface area contributed by atoms with Crippen molar-refractivity contribution in [3.05, 3.63) is 34.4 Å². The smallest absolute Gasteiger partial charge is 0.339 e. The van der Waals surface area contributed by atoms with Gasteiger partial charge in [-0.1, -0.05) is 17.7 Å². The van der Waals surface area contributed by atoms with Crippen LogP contribution in [0, 0.1) is 11.8 Å². The molecule has 0 saturated heterocycles. The molecule has 0 aliphatic heterocycles. The molecular formula is C21H28N4O5. The van der Waals surface area contributed by atoms with Gasteiger partial charge in [-0.15, -0.1) is 0 Å². The summed E-state index contributed by atoms with van der Waals surface area (Å²) in [6, 6.07) is 5.19. The Morgan fingerprint density at radius 1 is 1.27 bits per heavy atom. The van der Waals surface area contributed by atoms with Crippen molar-refractivity contribution in [2.75, 3.05) is 18.9 Å². The van der Waals surface area contributed by atoms with Crippen LogP contribution in [0.2, 0.25) is 0 Å². The highest BCUT2D eigenvalue weighted by molar-refractivity contribution is 6.06. The third kappa shape index (κ3) is 5.88. The predicted octanol–water partition coefficient (Wildman–Crippen LogP) is 3.42. The van der Waals surface area contributed by atoms with E-state index in [9.17, 15) is 19.6 Å². The summed E-state index contributed by atoms with van der Waals surface area (Å²) in [6.45, 7) is 5.69. The third-order valence-corrected chi connectivity index (χ3v) is 4.63. The fraction of sp³-hybridized carbons (Fsp3) is 0.476. The number of aryl methyl sites for hydroxylation is 1. The molecule has 0 atom stereocenters. The molecule has 0 aliphatic carbocycles. The summed E-state index contributed by atoms with van der Waals surface area (Å²) in [5.41, 5.74) is 6.41. The molecule has 1 amide bonds. The number of carbonyl (C=O) groups is 2. The Bertz CT molecular complexity index is 943. The number of pyridine rings is 1. The van der Waals surface area contributed by atoms with Crippen LogP contribution in [0.25, 0.3) is 10.9 Å². The summed E-state index contributed by atoms with van der Waals surface area (Å²) >= 11 is 0. The Balaban J connectivity index is 2.09. The van der Waals surface area contributed by atoms with Gasteiger partial charge in [0.15, 0.2) is 0 Å². The minimum absolute atomic E-state index is 0.0455. The normalized spacial score (nSPS) is 11.3. The third-order valence-electron chi connectivity index (χ3n) is 4.63. The van der Waals surface area contributed by atoms with Crippen molar-refractivity contribution in [3.63, 3.8) is 0 Å². The molecule has 0 spiro atoms. The van der Waals surface area contributed by atoms with Crippen LogP contribution >= 0.6 is 0 Å². The molecule has 1 aromatic carbocycles. The number of nitrogens with zero attached hydrogens (tertiary/aromatic N) is 2. The van der Waals surface area contributed by atoms with Crippen molar-refractivity contribution < 1.29 is 19.4 Å². The number of carboxylic acids is 1. The molecule has 4 N–H and O–H groups in total. The van der Waals surface area contributed by atoms with E-state index in [0.29, 0.717) is 41.6 Å². The molecule has 0 radical (unpaired) electrons. The number of nitrogens with two attached hydrogens (primary N) is 1. The lowest BCUT2D eigenvalue weighted by molar-refractivity contribution is -0.123. The SMILES string of the molecule is Cc1nc2cccc(OCC(C)(C)NC(=O)CCCCCN=O)c2c(N)c1C(=O)O. The number of nitrogens with one attached hydrogen (secondary N) is 1. The molecule has 0 aliphatic rings. The molecule has 2 aromatic rings. The minimum Gasteiger partial charge on any atom is -0.490 e. The van der Waals surface area contributed by atoms with Crippen molar-refractivity contribution in [1.29, 1.82) is 0 Å². The van der Waals surface area contributed by atoms with Gasteiger partial charge in [0, 0.05) is 6.42 Å². The maximum absolute atomic E-state index is 12.2. The van der Waals surface area contributed by atoms with Crippen molar-refractivity contribution in [2.45, 2.75) is 52.0 Å². The van der Waals surface area contributed by atoms with E-state index in [1.807, 2.05) is 13.8 Å². The van der Waals surface area contributed by atoms with Crippen molar-refractivity contribution in [3.8, 4) is 5.75 Å². The first kappa shape index (κ1) is 23.1. The van der Waals surface area contributed by atoms with E-state index in [4.69, 9.17) is 10.5 Å². The number of ether oxygens (including phenoxy) is 1. The van der Waals surface area contributed by atoms with E-state index in [-0.39, 0.29) is 30.3 Å². The van der Waals surface area contributed by atoms with Crippen LogP contribution in [0.1, 0.15) is 55.6 Å². The Labute approximate surface area is 175 Å². The van der Waals surface area contributed by atoms with E-state index in [1.165, 1.54) is 0 Å². The monoisotopic (exact) mass is 416 g/mol. The first-order chi connectivity index (χ1) is 14.2. The fourth-order valence-electron chi connectivity index (χ4n) is 3.20. The Kier molecular flexibility index (Phi) is 7.68. The lowest BCUT2D eigenvalue weighted by Crippen LogP contribution is -2.47. The Hall–Kier alpha value is -3.23.